The highest BCUT2D eigenvalue weighted by molar-refractivity contribution is 8.45. The van der Waals surface area contributed by atoms with Crippen LogP contribution in [0, 0.1) is 0 Å². The van der Waals surface area contributed by atoms with Crippen molar-refractivity contribution in [2.45, 2.75) is 4.90 Å². The molecular formula is C7H5NO4S2. The van der Waals surface area contributed by atoms with Crippen LogP contribution < -0.4 is 0 Å². The first-order valence-corrected chi connectivity index (χ1v) is 6.63. The smallest absolute Gasteiger partial charge is 0.237 e. The minimum Gasteiger partial charge on any atom is -0.237 e. The molecule has 1 aromatic carbocycles. The third-order valence-electron chi connectivity index (χ3n) is 1.87. The van der Waals surface area contributed by atoms with E-state index in [4.69, 9.17) is 7.26 Å². The van der Waals surface area contributed by atoms with Crippen LogP contribution in [0.25, 0.3) is 0 Å². The van der Waals surface area contributed by atoms with E-state index in [-0.39, 0.29) is 0 Å². The Balaban J connectivity index is 2.13. The van der Waals surface area contributed by atoms with Crippen LogP contribution in [0.5, 0.6) is 0 Å². The van der Waals surface area contributed by atoms with Gasteiger partial charge in [0, 0.05) is 0 Å². The Bertz CT molecular complexity index is 524. The zero-order valence-corrected chi connectivity index (χ0v) is 8.42. The van der Waals surface area contributed by atoms with E-state index >= 15 is 0 Å². The summed E-state index contributed by atoms with van der Waals surface area (Å²) in [6, 6.07) is 7.15. The number of aliphatic imine (C=N–C) groups is 1. The molecule has 0 aliphatic carbocycles. The van der Waals surface area contributed by atoms with Crippen LogP contribution in [0.15, 0.2) is 34.2 Å². The molecule has 0 unspecified atom stereocenters. The van der Waals surface area contributed by atoms with Crippen LogP contribution in [0.3, 0.4) is 0 Å². The van der Waals surface area contributed by atoms with Crippen molar-refractivity contribution in [1.82, 2.24) is 0 Å². The average Bonchev–Trinajstić information content (AvgIpc) is 2.44. The molecule has 7 heteroatoms. The molecule has 0 radical (unpaired) electrons. The van der Waals surface area contributed by atoms with E-state index in [1.165, 1.54) is 5.55 Å². The van der Waals surface area contributed by atoms with E-state index in [1.807, 2.05) is 6.07 Å². The normalized spacial score (nSPS) is 26.9. The molecule has 2 aliphatic rings. The van der Waals surface area contributed by atoms with Crippen molar-refractivity contribution in [2.75, 3.05) is 0 Å². The molecule has 0 bridgehead atoms. The van der Waals surface area contributed by atoms with E-state index in [0.29, 0.717) is 10.6 Å². The predicted molar refractivity (Wildman–Crippen MR) is 51.5 cm³/mol. The summed E-state index contributed by atoms with van der Waals surface area (Å²) in [7, 11) is -5.98. The van der Waals surface area contributed by atoms with E-state index in [1.54, 1.807) is 18.2 Å². The van der Waals surface area contributed by atoms with Crippen LogP contribution in [-0.2, 0) is 17.7 Å². The fourth-order valence-electron chi connectivity index (χ4n) is 1.35. The van der Waals surface area contributed by atoms with Gasteiger partial charge in [-0.3, -0.25) is 0 Å². The van der Waals surface area contributed by atoms with Gasteiger partial charge in [0.1, 0.15) is 5.55 Å². The van der Waals surface area contributed by atoms with Gasteiger partial charge in [-0.2, -0.15) is 8.42 Å². The van der Waals surface area contributed by atoms with Crippen LogP contribution in [0.1, 0.15) is 0 Å². The van der Waals surface area contributed by atoms with Gasteiger partial charge in [-0.05, 0) is 12.1 Å². The fourth-order valence-corrected chi connectivity index (χ4v) is 5.28. The Hall–Kier alpha value is -0.890. The Morgan fingerprint density at radius 3 is 2.57 bits per heavy atom. The molecule has 1 fully saturated rings. The minimum atomic E-state index is -3.77. The Labute approximate surface area is 82.4 Å². The number of para-hydroxylation sites is 1. The standard InChI is InChI=1S/C7H5NO4S2/c9-14(10)11-13(12-14)5-8-6-3-1-2-4-7(6)13/h1-5H. The molecular weight excluding hydrogens is 226 g/mol. The zero-order valence-electron chi connectivity index (χ0n) is 6.78. The topological polar surface area (TPSA) is 65.0 Å². The van der Waals surface area contributed by atoms with Gasteiger partial charge >= 0.3 is 10.4 Å². The number of hydrogen-bond donors (Lipinski definition) is 0. The first kappa shape index (κ1) is 8.42. The van der Waals surface area contributed by atoms with Crippen LogP contribution in [-0.4, -0.2) is 14.0 Å². The molecule has 2 heterocycles. The third kappa shape index (κ3) is 0.976. The van der Waals surface area contributed by atoms with Crippen molar-refractivity contribution in [3.63, 3.8) is 0 Å². The van der Waals surface area contributed by atoms with Gasteiger partial charge in [0.15, 0.2) is 0 Å². The summed E-state index contributed by atoms with van der Waals surface area (Å²) >= 11 is 0. The van der Waals surface area contributed by atoms with E-state index in [9.17, 15) is 8.42 Å². The summed E-state index contributed by atoms with van der Waals surface area (Å²) in [6.45, 7) is 0. The highest BCUT2D eigenvalue weighted by Crippen LogP contribution is 2.70. The Kier molecular flexibility index (Phi) is 1.43. The maximum absolute atomic E-state index is 10.8. The largest absolute Gasteiger partial charge is 0.438 e. The first-order chi connectivity index (χ1) is 6.61. The van der Waals surface area contributed by atoms with Gasteiger partial charge in [-0.15, -0.1) is 7.26 Å². The monoisotopic (exact) mass is 231 g/mol. The van der Waals surface area contributed by atoms with Crippen molar-refractivity contribution in [1.29, 1.82) is 0 Å². The summed E-state index contributed by atoms with van der Waals surface area (Å²) in [5.74, 6) is 0. The third-order valence-corrected chi connectivity index (χ3v) is 6.16. The quantitative estimate of drug-likeness (QED) is 0.681. The van der Waals surface area contributed by atoms with Crippen LogP contribution in [0.4, 0.5) is 5.69 Å². The Morgan fingerprint density at radius 1 is 1.14 bits per heavy atom. The molecule has 0 saturated carbocycles. The molecule has 1 saturated heterocycles. The van der Waals surface area contributed by atoms with Crippen molar-refractivity contribution in [2.24, 2.45) is 4.99 Å². The van der Waals surface area contributed by atoms with Crippen LogP contribution in [0.2, 0.25) is 0 Å². The lowest BCUT2D eigenvalue weighted by Crippen LogP contribution is -2.27. The molecule has 3 rings (SSSR count). The Morgan fingerprint density at radius 2 is 1.86 bits per heavy atom. The van der Waals surface area contributed by atoms with E-state index in [2.05, 4.69) is 4.99 Å². The van der Waals surface area contributed by atoms with Crippen molar-refractivity contribution in [3.8, 4) is 0 Å². The molecule has 14 heavy (non-hydrogen) atoms. The second-order valence-electron chi connectivity index (χ2n) is 2.79. The summed E-state index contributed by atoms with van der Waals surface area (Å²) in [5, 5.41) is 0. The molecule has 0 aromatic heterocycles. The minimum absolute atomic E-state index is 0.704. The van der Waals surface area contributed by atoms with Gasteiger partial charge in [0.05, 0.1) is 10.6 Å². The molecule has 1 aromatic rings. The number of nitrogens with zero attached hydrogens (tertiary/aromatic N) is 1. The van der Waals surface area contributed by atoms with Gasteiger partial charge < -0.3 is 0 Å². The van der Waals surface area contributed by atoms with Crippen molar-refractivity contribution in [3.05, 3.63) is 24.3 Å². The van der Waals surface area contributed by atoms with Gasteiger partial charge in [0.25, 0.3) is 0 Å². The number of rotatable bonds is 0. The summed E-state index contributed by atoms with van der Waals surface area (Å²) < 4.78 is 31.1. The maximum atomic E-state index is 10.8. The maximum Gasteiger partial charge on any atom is 0.438 e. The molecule has 74 valence electrons. The summed E-state index contributed by atoms with van der Waals surface area (Å²) in [6.07, 6.45) is 0. The molecule has 2 aliphatic heterocycles. The van der Waals surface area contributed by atoms with E-state index < -0.39 is 21.0 Å². The predicted octanol–water partition coefficient (Wildman–Crippen LogP) is 1.65. The second-order valence-corrected chi connectivity index (χ2v) is 6.44. The molecule has 5 nitrogen and oxygen atoms in total. The molecule has 0 N–H and O–H groups in total. The van der Waals surface area contributed by atoms with Crippen LogP contribution >= 0.6 is 10.6 Å². The molecule has 0 atom stereocenters. The highest BCUT2D eigenvalue weighted by atomic mass is 32.4. The van der Waals surface area contributed by atoms with E-state index in [0.717, 1.165) is 0 Å². The van der Waals surface area contributed by atoms with Gasteiger partial charge in [0.2, 0.25) is 0 Å². The van der Waals surface area contributed by atoms with Gasteiger partial charge in [-0.1, -0.05) is 22.7 Å². The second kappa shape index (κ2) is 2.37. The lowest BCUT2D eigenvalue weighted by atomic mass is 10.3. The lowest BCUT2D eigenvalue weighted by Gasteiger charge is -2.41. The first-order valence-electron chi connectivity index (χ1n) is 3.75. The zero-order chi connectivity index (χ0) is 9.81. The average molecular weight is 231 g/mol. The molecule has 1 spiro atoms. The van der Waals surface area contributed by atoms with Crippen molar-refractivity contribution >= 4 is 32.2 Å². The number of hydrogen-bond acceptors (Lipinski definition) is 5. The number of benzene rings is 1. The highest BCUT2D eigenvalue weighted by Gasteiger charge is 2.48. The summed E-state index contributed by atoms with van der Waals surface area (Å²) in [4.78, 5) is 4.74. The lowest BCUT2D eigenvalue weighted by molar-refractivity contribution is 0.352. The van der Waals surface area contributed by atoms with Gasteiger partial charge in [-0.25, -0.2) is 4.99 Å². The summed E-state index contributed by atoms with van der Waals surface area (Å²) in [5.41, 5.74) is 2.14. The SMILES string of the molecule is O=S1(=O)OS2(C=Nc3ccccc32)O1. The van der Waals surface area contributed by atoms with Crippen molar-refractivity contribution < 1.29 is 15.7 Å². The fraction of sp³-hybridized carbons (Fsp3) is 0. The molecule has 0 amide bonds. The number of fused-ring (bicyclic) bond motifs is 2.